The summed E-state index contributed by atoms with van der Waals surface area (Å²) in [5.74, 6) is 0. The van der Waals surface area contributed by atoms with Gasteiger partial charge in [0.1, 0.15) is 0 Å². The minimum absolute atomic E-state index is 0. The van der Waals surface area contributed by atoms with Gasteiger partial charge in [0, 0.05) is 35.4 Å². The minimum Gasteiger partial charge on any atom is -0.394 e. The SMILES string of the molecule is CCCCCC(CO)(CO)NCc1ccc2c(c1)c1c3ccccc3ccc1n2C.Cl. The summed E-state index contributed by atoms with van der Waals surface area (Å²) in [5, 5.41) is 28.4. The number of unbranched alkanes of at least 4 members (excludes halogenated alkanes) is 2. The summed E-state index contributed by atoms with van der Waals surface area (Å²) in [6.07, 6.45) is 4.01. The Morgan fingerprint density at radius 1 is 0.903 bits per heavy atom. The number of nitrogens with one attached hydrogen (secondary N) is 1. The third kappa shape index (κ3) is 4.44. The maximum atomic E-state index is 9.96. The van der Waals surface area contributed by atoms with Crippen LogP contribution in [0.1, 0.15) is 38.2 Å². The van der Waals surface area contributed by atoms with Crippen molar-refractivity contribution in [2.45, 2.75) is 44.7 Å². The first-order valence-corrected chi connectivity index (χ1v) is 11.0. The Bertz CT molecular complexity index is 1160. The summed E-state index contributed by atoms with van der Waals surface area (Å²) in [6, 6.07) is 19.5. The molecule has 3 N–H and O–H groups in total. The lowest BCUT2D eigenvalue weighted by Crippen LogP contribution is -2.51. The van der Waals surface area contributed by atoms with Gasteiger partial charge in [-0.25, -0.2) is 0 Å². The maximum absolute atomic E-state index is 9.96. The molecule has 0 fully saturated rings. The molecule has 0 unspecified atom stereocenters. The summed E-state index contributed by atoms with van der Waals surface area (Å²) in [6.45, 7) is 2.66. The van der Waals surface area contributed by atoms with E-state index in [0.29, 0.717) is 6.54 Å². The summed E-state index contributed by atoms with van der Waals surface area (Å²) in [4.78, 5) is 0. The van der Waals surface area contributed by atoms with Crippen LogP contribution in [0.2, 0.25) is 0 Å². The Morgan fingerprint density at radius 3 is 2.39 bits per heavy atom. The minimum atomic E-state index is -0.629. The topological polar surface area (TPSA) is 57.4 Å². The van der Waals surface area contributed by atoms with Crippen molar-refractivity contribution in [1.82, 2.24) is 9.88 Å². The molecule has 0 atom stereocenters. The lowest BCUT2D eigenvalue weighted by Gasteiger charge is -2.31. The zero-order chi connectivity index (χ0) is 21.1. The second-order valence-electron chi connectivity index (χ2n) is 8.50. The van der Waals surface area contributed by atoms with Crippen molar-refractivity contribution in [3.8, 4) is 0 Å². The molecular formula is C26H33ClN2O2. The van der Waals surface area contributed by atoms with Gasteiger partial charge < -0.3 is 20.1 Å². The molecule has 1 aromatic heterocycles. The van der Waals surface area contributed by atoms with Crippen molar-refractivity contribution < 1.29 is 10.2 Å². The highest BCUT2D eigenvalue weighted by molar-refractivity contribution is 6.20. The molecule has 4 rings (SSSR count). The monoisotopic (exact) mass is 440 g/mol. The van der Waals surface area contributed by atoms with Crippen LogP contribution in [-0.4, -0.2) is 33.5 Å². The fourth-order valence-corrected chi connectivity index (χ4v) is 4.55. The highest BCUT2D eigenvalue weighted by Crippen LogP contribution is 2.34. The highest BCUT2D eigenvalue weighted by atomic mass is 35.5. The predicted molar refractivity (Wildman–Crippen MR) is 133 cm³/mol. The first-order chi connectivity index (χ1) is 14.6. The normalized spacial score (nSPS) is 12.0. The Hall–Kier alpha value is -2.11. The van der Waals surface area contributed by atoms with Gasteiger partial charge in [-0.05, 0) is 41.0 Å². The molecule has 3 aromatic carbocycles. The molecule has 0 amide bonds. The number of benzene rings is 3. The summed E-state index contributed by atoms with van der Waals surface area (Å²) >= 11 is 0. The average Bonchev–Trinajstić information content (AvgIpc) is 3.08. The molecule has 5 heteroatoms. The number of aromatic nitrogens is 1. The van der Waals surface area contributed by atoms with E-state index >= 15 is 0 Å². The van der Waals surface area contributed by atoms with Crippen LogP contribution >= 0.6 is 12.4 Å². The first-order valence-electron chi connectivity index (χ1n) is 11.0. The lowest BCUT2D eigenvalue weighted by molar-refractivity contribution is 0.0805. The number of rotatable bonds is 9. The fourth-order valence-electron chi connectivity index (χ4n) is 4.55. The van der Waals surface area contributed by atoms with Gasteiger partial charge in [-0.2, -0.15) is 0 Å². The lowest BCUT2D eigenvalue weighted by atomic mass is 9.93. The molecule has 0 spiro atoms. The fraction of sp³-hybridized carbons (Fsp3) is 0.385. The summed E-state index contributed by atoms with van der Waals surface area (Å²) in [7, 11) is 2.12. The van der Waals surface area contributed by atoms with E-state index < -0.39 is 5.54 Å². The largest absolute Gasteiger partial charge is 0.394 e. The number of nitrogens with zero attached hydrogens (tertiary/aromatic N) is 1. The van der Waals surface area contributed by atoms with E-state index in [1.165, 1.54) is 32.6 Å². The van der Waals surface area contributed by atoms with Gasteiger partial charge in [0.15, 0.2) is 0 Å². The molecule has 0 radical (unpaired) electrons. The van der Waals surface area contributed by atoms with Crippen LogP contribution in [-0.2, 0) is 13.6 Å². The number of aliphatic hydroxyl groups is 2. The number of aryl methyl sites for hydroxylation is 1. The van der Waals surface area contributed by atoms with E-state index in [2.05, 4.69) is 78.5 Å². The van der Waals surface area contributed by atoms with Gasteiger partial charge in [0.05, 0.1) is 18.8 Å². The van der Waals surface area contributed by atoms with E-state index in [1.807, 2.05) is 0 Å². The van der Waals surface area contributed by atoms with Crippen molar-refractivity contribution >= 4 is 45.0 Å². The van der Waals surface area contributed by atoms with Crippen molar-refractivity contribution in [3.05, 3.63) is 60.2 Å². The first kappa shape index (κ1) is 23.6. The second kappa shape index (κ2) is 10.0. The Morgan fingerprint density at radius 2 is 1.65 bits per heavy atom. The molecule has 31 heavy (non-hydrogen) atoms. The quantitative estimate of drug-likeness (QED) is 0.309. The van der Waals surface area contributed by atoms with E-state index in [1.54, 1.807) is 0 Å². The Labute approximate surface area is 190 Å². The number of aliphatic hydroxyl groups excluding tert-OH is 2. The van der Waals surface area contributed by atoms with E-state index in [4.69, 9.17) is 0 Å². The molecular weight excluding hydrogens is 408 g/mol. The molecule has 0 aliphatic heterocycles. The van der Waals surface area contributed by atoms with Crippen LogP contribution in [0.25, 0.3) is 32.6 Å². The van der Waals surface area contributed by atoms with Crippen LogP contribution in [0.4, 0.5) is 0 Å². The number of fused-ring (bicyclic) bond motifs is 5. The number of halogens is 1. The molecule has 1 heterocycles. The van der Waals surface area contributed by atoms with Crippen molar-refractivity contribution in [1.29, 1.82) is 0 Å². The smallest absolute Gasteiger partial charge is 0.0650 e. The van der Waals surface area contributed by atoms with Gasteiger partial charge >= 0.3 is 0 Å². The third-order valence-corrected chi connectivity index (χ3v) is 6.49. The van der Waals surface area contributed by atoms with Crippen molar-refractivity contribution in [2.24, 2.45) is 7.05 Å². The summed E-state index contributed by atoms with van der Waals surface area (Å²) in [5.41, 5.74) is 2.97. The molecule has 4 nitrogen and oxygen atoms in total. The van der Waals surface area contributed by atoms with Crippen LogP contribution in [0.15, 0.2) is 54.6 Å². The maximum Gasteiger partial charge on any atom is 0.0650 e. The van der Waals surface area contributed by atoms with Crippen LogP contribution in [0.3, 0.4) is 0 Å². The molecule has 166 valence electrons. The van der Waals surface area contributed by atoms with Gasteiger partial charge in [0.25, 0.3) is 0 Å². The van der Waals surface area contributed by atoms with Gasteiger partial charge in [-0.3, -0.25) is 0 Å². The Kier molecular flexibility index (Phi) is 7.60. The molecule has 4 aromatic rings. The number of hydrogen-bond acceptors (Lipinski definition) is 3. The number of hydrogen-bond donors (Lipinski definition) is 3. The zero-order valence-corrected chi connectivity index (χ0v) is 19.2. The average molecular weight is 441 g/mol. The van der Waals surface area contributed by atoms with Crippen LogP contribution < -0.4 is 5.32 Å². The highest BCUT2D eigenvalue weighted by Gasteiger charge is 2.27. The van der Waals surface area contributed by atoms with Gasteiger partial charge in [-0.15, -0.1) is 12.4 Å². The third-order valence-electron chi connectivity index (χ3n) is 6.49. The van der Waals surface area contributed by atoms with E-state index in [0.717, 1.165) is 31.2 Å². The van der Waals surface area contributed by atoms with E-state index in [9.17, 15) is 10.2 Å². The molecule has 0 saturated heterocycles. The second-order valence-corrected chi connectivity index (χ2v) is 8.50. The molecule has 0 saturated carbocycles. The van der Waals surface area contributed by atoms with E-state index in [-0.39, 0.29) is 25.6 Å². The Balaban J connectivity index is 0.00000272. The van der Waals surface area contributed by atoms with Crippen molar-refractivity contribution in [3.63, 3.8) is 0 Å². The zero-order valence-electron chi connectivity index (χ0n) is 18.4. The summed E-state index contributed by atoms with van der Waals surface area (Å²) < 4.78 is 2.25. The predicted octanol–water partition coefficient (Wildman–Crippen LogP) is 5.30. The van der Waals surface area contributed by atoms with Crippen molar-refractivity contribution in [2.75, 3.05) is 13.2 Å². The van der Waals surface area contributed by atoms with Gasteiger partial charge in [0.2, 0.25) is 0 Å². The molecule has 0 aliphatic carbocycles. The van der Waals surface area contributed by atoms with Crippen LogP contribution in [0, 0.1) is 0 Å². The molecule has 0 bridgehead atoms. The standard InChI is InChI=1S/C26H32N2O2.ClH/c1-3-4-7-14-26(17-29,18-30)27-16-19-10-12-23-22(15-19)25-21-9-6-5-8-20(21)11-13-24(25)28(23)2;/h5-6,8-13,15,27,29-30H,3-4,7,14,16-18H2,1-2H3;1H. The van der Waals surface area contributed by atoms with Gasteiger partial charge in [-0.1, -0.05) is 62.6 Å². The van der Waals surface area contributed by atoms with Crippen LogP contribution in [0.5, 0.6) is 0 Å². The molecule has 0 aliphatic rings.